The number of aliphatic hydroxyl groups excluding tert-OH is 1. The van der Waals surface area contributed by atoms with E-state index in [4.69, 9.17) is 4.74 Å². The molecular formula is C17H27NO4. The molecule has 0 bridgehead atoms. The second kappa shape index (κ2) is 7.61. The van der Waals surface area contributed by atoms with Crippen LogP contribution in [0.2, 0.25) is 0 Å². The maximum absolute atomic E-state index is 11.6. The standard InChI is InChI=1S/C17H27NO4/c1-11(2)8-16(21)22-15-7-6-12(9-13(15)19)14(20)10-18-17(3,4)5/h6-7,9,11,14,18-20H,8,10H2,1-5H3/t14-/m0/s1. The van der Waals surface area contributed by atoms with E-state index >= 15 is 0 Å². The molecule has 0 saturated carbocycles. The van der Waals surface area contributed by atoms with Crippen LogP contribution in [-0.2, 0) is 4.79 Å². The van der Waals surface area contributed by atoms with Crippen molar-refractivity contribution in [3.8, 4) is 11.5 Å². The molecule has 1 aromatic carbocycles. The molecule has 0 aliphatic carbocycles. The van der Waals surface area contributed by atoms with Crippen LogP contribution in [0.5, 0.6) is 11.5 Å². The fraction of sp³-hybridized carbons (Fsp3) is 0.588. The van der Waals surface area contributed by atoms with E-state index in [1.807, 2.05) is 34.6 Å². The molecule has 124 valence electrons. The molecule has 0 saturated heterocycles. The van der Waals surface area contributed by atoms with Crippen molar-refractivity contribution < 1.29 is 19.7 Å². The van der Waals surface area contributed by atoms with Crippen LogP contribution in [0, 0.1) is 5.92 Å². The van der Waals surface area contributed by atoms with Crippen molar-refractivity contribution in [2.24, 2.45) is 5.92 Å². The summed E-state index contributed by atoms with van der Waals surface area (Å²) in [6.07, 6.45) is -0.454. The lowest BCUT2D eigenvalue weighted by Crippen LogP contribution is -2.38. The first kappa shape index (κ1) is 18.5. The molecule has 3 N–H and O–H groups in total. The Labute approximate surface area is 132 Å². The number of hydrogen-bond donors (Lipinski definition) is 3. The summed E-state index contributed by atoms with van der Waals surface area (Å²) >= 11 is 0. The number of β-amino-alcohol motifs (C(OH)–C–C–N with tert-alkyl or cyclic N) is 1. The van der Waals surface area contributed by atoms with Gasteiger partial charge in [0.1, 0.15) is 0 Å². The molecule has 0 aliphatic rings. The molecular weight excluding hydrogens is 282 g/mol. The number of phenolic OH excluding ortho intramolecular Hbond substituents is 1. The van der Waals surface area contributed by atoms with E-state index in [1.165, 1.54) is 12.1 Å². The van der Waals surface area contributed by atoms with Crippen molar-refractivity contribution in [1.82, 2.24) is 5.32 Å². The van der Waals surface area contributed by atoms with Gasteiger partial charge in [0.05, 0.1) is 6.10 Å². The number of ether oxygens (including phenoxy) is 1. The van der Waals surface area contributed by atoms with Crippen LogP contribution < -0.4 is 10.1 Å². The van der Waals surface area contributed by atoms with Crippen molar-refractivity contribution in [2.45, 2.75) is 52.7 Å². The number of phenols is 1. The molecule has 0 spiro atoms. The molecule has 22 heavy (non-hydrogen) atoms. The number of benzene rings is 1. The van der Waals surface area contributed by atoms with Crippen LogP contribution in [0.1, 0.15) is 52.7 Å². The second-order valence-corrected chi connectivity index (χ2v) is 6.95. The van der Waals surface area contributed by atoms with Gasteiger partial charge in [-0.2, -0.15) is 0 Å². The van der Waals surface area contributed by atoms with Crippen molar-refractivity contribution in [3.63, 3.8) is 0 Å². The van der Waals surface area contributed by atoms with Gasteiger partial charge in [-0.05, 0) is 44.4 Å². The fourth-order valence-electron chi connectivity index (χ4n) is 1.85. The van der Waals surface area contributed by atoms with E-state index in [-0.39, 0.29) is 28.9 Å². The lowest BCUT2D eigenvalue weighted by atomic mass is 10.1. The Hall–Kier alpha value is -1.59. The zero-order chi connectivity index (χ0) is 16.9. The first-order valence-electron chi connectivity index (χ1n) is 7.55. The van der Waals surface area contributed by atoms with Gasteiger partial charge in [-0.3, -0.25) is 4.79 Å². The van der Waals surface area contributed by atoms with Gasteiger partial charge in [-0.25, -0.2) is 0 Å². The maximum Gasteiger partial charge on any atom is 0.311 e. The molecule has 1 aromatic rings. The molecule has 5 nitrogen and oxygen atoms in total. The lowest BCUT2D eigenvalue weighted by Gasteiger charge is -2.23. The highest BCUT2D eigenvalue weighted by Crippen LogP contribution is 2.29. The third-order valence-corrected chi connectivity index (χ3v) is 2.99. The monoisotopic (exact) mass is 309 g/mol. The van der Waals surface area contributed by atoms with Gasteiger partial charge < -0.3 is 20.3 Å². The molecule has 0 aromatic heterocycles. The third-order valence-electron chi connectivity index (χ3n) is 2.99. The van der Waals surface area contributed by atoms with Gasteiger partial charge in [-0.1, -0.05) is 19.9 Å². The Bertz CT molecular complexity index is 506. The van der Waals surface area contributed by atoms with Crippen LogP contribution in [0.15, 0.2) is 18.2 Å². The number of aliphatic hydroxyl groups is 1. The smallest absolute Gasteiger partial charge is 0.311 e. The van der Waals surface area contributed by atoms with Gasteiger partial charge in [0.25, 0.3) is 0 Å². The van der Waals surface area contributed by atoms with Crippen molar-refractivity contribution in [3.05, 3.63) is 23.8 Å². The van der Waals surface area contributed by atoms with E-state index in [2.05, 4.69) is 5.32 Å². The fourth-order valence-corrected chi connectivity index (χ4v) is 1.85. The first-order valence-corrected chi connectivity index (χ1v) is 7.55. The molecule has 0 heterocycles. The summed E-state index contributed by atoms with van der Waals surface area (Å²) in [5.41, 5.74) is 0.466. The predicted molar refractivity (Wildman–Crippen MR) is 85.9 cm³/mol. The minimum atomic E-state index is -0.745. The van der Waals surface area contributed by atoms with Crippen LogP contribution in [0.25, 0.3) is 0 Å². The molecule has 0 aliphatic heterocycles. The predicted octanol–water partition coefficient (Wildman–Crippen LogP) is 2.77. The minimum Gasteiger partial charge on any atom is -0.504 e. The van der Waals surface area contributed by atoms with Crippen molar-refractivity contribution >= 4 is 5.97 Å². The lowest BCUT2D eigenvalue weighted by molar-refractivity contribution is -0.135. The number of rotatable bonds is 6. The van der Waals surface area contributed by atoms with E-state index < -0.39 is 6.10 Å². The Morgan fingerprint density at radius 1 is 1.32 bits per heavy atom. The summed E-state index contributed by atoms with van der Waals surface area (Å²) < 4.78 is 5.12. The van der Waals surface area contributed by atoms with E-state index in [1.54, 1.807) is 6.07 Å². The number of esters is 1. The van der Waals surface area contributed by atoms with Crippen molar-refractivity contribution in [2.75, 3.05) is 6.54 Å². The summed E-state index contributed by atoms with van der Waals surface area (Å²) in [5.74, 6) is -0.220. The topological polar surface area (TPSA) is 78.8 Å². The summed E-state index contributed by atoms with van der Waals surface area (Å²) in [7, 11) is 0. The number of carbonyl (C=O) groups excluding carboxylic acids is 1. The third kappa shape index (κ3) is 6.45. The SMILES string of the molecule is CC(C)CC(=O)Oc1ccc([C@@H](O)CNC(C)(C)C)cc1O. The second-order valence-electron chi connectivity index (χ2n) is 6.95. The molecule has 0 radical (unpaired) electrons. The highest BCUT2D eigenvalue weighted by atomic mass is 16.5. The molecule has 0 amide bonds. The average molecular weight is 309 g/mol. The summed E-state index contributed by atoms with van der Waals surface area (Å²) in [4.78, 5) is 11.6. The van der Waals surface area contributed by atoms with Gasteiger partial charge in [-0.15, -0.1) is 0 Å². The molecule has 1 rings (SSSR count). The molecule has 5 heteroatoms. The van der Waals surface area contributed by atoms with Gasteiger partial charge in [0, 0.05) is 18.5 Å². The van der Waals surface area contributed by atoms with E-state index in [0.29, 0.717) is 18.5 Å². The Kier molecular flexibility index (Phi) is 6.38. The quantitative estimate of drug-likeness (QED) is 0.556. The number of aromatic hydroxyl groups is 1. The largest absolute Gasteiger partial charge is 0.504 e. The van der Waals surface area contributed by atoms with Crippen LogP contribution in [0.4, 0.5) is 0 Å². The van der Waals surface area contributed by atoms with Gasteiger partial charge >= 0.3 is 5.97 Å². The Morgan fingerprint density at radius 3 is 2.45 bits per heavy atom. The van der Waals surface area contributed by atoms with Crippen molar-refractivity contribution in [1.29, 1.82) is 0 Å². The number of hydrogen-bond acceptors (Lipinski definition) is 5. The summed E-state index contributed by atoms with van der Waals surface area (Å²) in [6, 6.07) is 4.57. The van der Waals surface area contributed by atoms with E-state index in [9.17, 15) is 15.0 Å². The average Bonchev–Trinajstić information content (AvgIpc) is 2.36. The first-order chi connectivity index (χ1) is 10.1. The number of nitrogens with one attached hydrogen (secondary N) is 1. The molecule has 1 atom stereocenters. The zero-order valence-corrected chi connectivity index (χ0v) is 14.0. The normalized spacial score (nSPS) is 13.2. The van der Waals surface area contributed by atoms with Gasteiger partial charge in [0.2, 0.25) is 0 Å². The summed E-state index contributed by atoms with van der Waals surface area (Å²) in [5, 5.41) is 23.3. The molecule has 0 unspecified atom stereocenters. The van der Waals surface area contributed by atoms with Crippen LogP contribution in [0.3, 0.4) is 0 Å². The number of carbonyl (C=O) groups is 1. The van der Waals surface area contributed by atoms with E-state index in [0.717, 1.165) is 0 Å². The van der Waals surface area contributed by atoms with Gasteiger partial charge in [0.15, 0.2) is 11.5 Å². The molecule has 0 fully saturated rings. The zero-order valence-electron chi connectivity index (χ0n) is 14.0. The highest BCUT2D eigenvalue weighted by Gasteiger charge is 2.16. The maximum atomic E-state index is 11.6. The highest BCUT2D eigenvalue weighted by molar-refractivity contribution is 5.73. The summed E-state index contributed by atoms with van der Waals surface area (Å²) in [6.45, 7) is 10.2. The minimum absolute atomic E-state index is 0.102. The Balaban J connectivity index is 2.70. The van der Waals surface area contributed by atoms with Crippen LogP contribution in [-0.4, -0.2) is 28.3 Å². The van der Waals surface area contributed by atoms with Crippen LogP contribution >= 0.6 is 0 Å². The Morgan fingerprint density at radius 2 is 1.95 bits per heavy atom.